The second-order valence-corrected chi connectivity index (χ2v) is 4.65. The standard InChI is InChI=1S/C13H10BrFN2O2/c14-10-4-1-7(15)5-12(10)19-11-6-8(16)2-3-9(11)13(17)18/h1-6H,16H2,(H2,17,18). The molecule has 98 valence electrons. The number of primary amides is 1. The molecule has 6 heteroatoms. The summed E-state index contributed by atoms with van der Waals surface area (Å²) in [5, 5.41) is 0. The second-order valence-electron chi connectivity index (χ2n) is 3.80. The van der Waals surface area contributed by atoms with Crippen LogP contribution in [-0.2, 0) is 0 Å². The predicted octanol–water partition coefficient (Wildman–Crippen LogP) is 3.06. The molecule has 0 saturated heterocycles. The van der Waals surface area contributed by atoms with Crippen molar-refractivity contribution in [3.8, 4) is 11.5 Å². The van der Waals surface area contributed by atoms with Crippen LogP contribution in [0, 0.1) is 5.82 Å². The molecule has 0 aliphatic rings. The van der Waals surface area contributed by atoms with E-state index in [9.17, 15) is 9.18 Å². The molecule has 0 aliphatic carbocycles. The van der Waals surface area contributed by atoms with Crippen molar-refractivity contribution in [2.24, 2.45) is 5.73 Å². The molecule has 2 aromatic carbocycles. The Kier molecular flexibility index (Phi) is 3.71. The van der Waals surface area contributed by atoms with Gasteiger partial charge in [-0.2, -0.15) is 0 Å². The number of amides is 1. The molecule has 0 aliphatic heterocycles. The van der Waals surface area contributed by atoms with Gasteiger partial charge in [-0.3, -0.25) is 4.79 Å². The topological polar surface area (TPSA) is 78.3 Å². The maximum atomic E-state index is 13.2. The first-order chi connectivity index (χ1) is 8.97. The third-order valence-electron chi connectivity index (χ3n) is 2.38. The van der Waals surface area contributed by atoms with E-state index in [1.807, 2.05) is 0 Å². The van der Waals surface area contributed by atoms with Crippen molar-refractivity contribution in [1.29, 1.82) is 0 Å². The Morgan fingerprint density at radius 1 is 1.16 bits per heavy atom. The van der Waals surface area contributed by atoms with E-state index in [1.54, 1.807) is 0 Å². The number of nitrogens with two attached hydrogens (primary N) is 2. The molecule has 0 fully saturated rings. The maximum Gasteiger partial charge on any atom is 0.252 e. The quantitative estimate of drug-likeness (QED) is 0.851. The Hall–Kier alpha value is -2.08. The van der Waals surface area contributed by atoms with Gasteiger partial charge in [0.05, 0.1) is 10.0 Å². The van der Waals surface area contributed by atoms with Crippen LogP contribution in [0.5, 0.6) is 11.5 Å². The third kappa shape index (κ3) is 3.03. The van der Waals surface area contributed by atoms with Crippen molar-refractivity contribution < 1.29 is 13.9 Å². The van der Waals surface area contributed by atoms with Crippen LogP contribution in [0.25, 0.3) is 0 Å². The van der Waals surface area contributed by atoms with Gasteiger partial charge in [0.2, 0.25) is 0 Å². The zero-order valence-corrected chi connectivity index (χ0v) is 11.3. The number of nitrogen functional groups attached to an aromatic ring is 1. The number of anilines is 1. The summed E-state index contributed by atoms with van der Waals surface area (Å²) in [6.45, 7) is 0. The highest BCUT2D eigenvalue weighted by Crippen LogP contribution is 2.33. The van der Waals surface area contributed by atoms with Crippen LogP contribution in [0.4, 0.5) is 10.1 Å². The summed E-state index contributed by atoms with van der Waals surface area (Å²) in [5.74, 6) is -0.697. The molecule has 0 radical (unpaired) electrons. The van der Waals surface area contributed by atoms with E-state index in [-0.39, 0.29) is 17.1 Å². The van der Waals surface area contributed by atoms with Gasteiger partial charge in [0.25, 0.3) is 5.91 Å². The monoisotopic (exact) mass is 324 g/mol. The first kappa shape index (κ1) is 13.4. The number of ether oxygens (including phenoxy) is 1. The number of benzene rings is 2. The third-order valence-corrected chi connectivity index (χ3v) is 3.04. The van der Waals surface area contributed by atoms with E-state index in [0.717, 1.165) is 0 Å². The van der Waals surface area contributed by atoms with Crippen LogP contribution in [0.3, 0.4) is 0 Å². The van der Waals surface area contributed by atoms with Gasteiger partial charge < -0.3 is 16.2 Å². The van der Waals surface area contributed by atoms with E-state index < -0.39 is 11.7 Å². The highest BCUT2D eigenvalue weighted by molar-refractivity contribution is 9.10. The minimum absolute atomic E-state index is 0.172. The fraction of sp³-hybridized carbons (Fsp3) is 0. The van der Waals surface area contributed by atoms with Gasteiger partial charge in [-0.25, -0.2) is 4.39 Å². The predicted molar refractivity (Wildman–Crippen MR) is 73.5 cm³/mol. The Bertz CT molecular complexity index is 647. The van der Waals surface area contributed by atoms with Crippen molar-refractivity contribution in [2.45, 2.75) is 0 Å². The summed E-state index contributed by atoms with van der Waals surface area (Å²) in [6.07, 6.45) is 0. The van der Waals surface area contributed by atoms with Gasteiger partial charge in [0.15, 0.2) is 0 Å². The minimum atomic E-state index is -0.650. The summed E-state index contributed by atoms with van der Waals surface area (Å²) in [4.78, 5) is 11.3. The van der Waals surface area contributed by atoms with Crippen LogP contribution < -0.4 is 16.2 Å². The Morgan fingerprint density at radius 3 is 2.58 bits per heavy atom. The smallest absolute Gasteiger partial charge is 0.252 e. The van der Waals surface area contributed by atoms with Gasteiger partial charge in [-0.05, 0) is 40.2 Å². The summed E-state index contributed by atoms with van der Waals surface area (Å²) in [7, 11) is 0. The van der Waals surface area contributed by atoms with Crippen LogP contribution in [0.15, 0.2) is 40.9 Å². The zero-order chi connectivity index (χ0) is 14.0. The first-order valence-electron chi connectivity index (χ1n) is 5.29. The molecule has 19 heavy (non-hydrogen) atoms. The molecule has 4 nitrogen and oxygen atoms in total. The zero-order valence-electron chi connectivity index (χ0n) is 9.69. The van der Waals surface area contributed by atoms with Gasteiger partial charge in [0.1, 0.15) is 17.3 Å². The molecule has 2 aromatic rings. The molecule has 0 saturated carbocycles. The SMILES string of the molecule is NC(=O)c1ccc(N)cc1Oc1cc(F)ccc1Br. The lowest BCUT2D eigenvalue weighted by Crippen LogP contribution is -2.12. The van der Waals surface area contributed by atoms with Gasteiger partial charge in [0, 0.05) is 17.8 Å². The molecule has 0 atom stereocenters. The number of carbonyl (C=O) groups is 1. The number of hydrogen-bond acceptors (Lipinski definition) is 3. The first-order valence-corrected chi connectivity index (χ1v) is 6.09. The lowest BCUT2D eigenvalue weighted by Gasteiger charge is -2.11. The molecule has 0 spiro atoms. The Morgan fingerprint density at radius 2 is 1.89 bits per heavy atom. The van der Waals surface area contributed by atoms with E-state index in [4.69, 9.17) is 16.2 Å². The molecule has 0 bridgehead atoms. The fourth-order valence-corrected chi connectivity index (χ4v) is 1.83. The van der Waals surface area contributed by atoms with Gasteiger partial charge in [-0.1, -0.05) is 0 Å². The number of hydrogen-bond donors (Lipinski definition) is 2. The van der Waals surface area contributed by atoms with Crippen molar-refractivity contribution in [3.05, 3.63) is 52.3 Å². The molecule has 2 rings (SSSR count). The molecular formula is C13H10BrFN2O2. The molecule has 4 N–H and O–H groups in total. The molecule has 1 amide bonds. The van der Waals surface area contributed by atoms with Crippen LogP contribution in [0.1, 0.15) is 10.4 Å². The average molecular weight is 325 g/mol. The second kappa shape index (κ2) is 5.27. The summed E-state index contributed by atoms with van der Waals surface area (Å²) in [5.41, 5.74) is 11.5. The van der Waals surface area contributed by atoms with Gasteiger partial charge >= 0.3 is 0 Å². The van der Waals surface area contributed by atoms with Gasteiger partial charge in [-0.15, -0.1) is 0 Å². The van der Waals surface area contributed by atoms with E-state index >= 15 is 0 Å². The minimum Gasteiger partial charge on any atom is -0.455 e. The van der Waals surface area contributed by atoms with Crippen molar-refractivity contribution >= 4 is 27.5 Å². The lowest BCUT2D eigenvalue weighted by atomic mass is 10.1. The van der Waals surface area contributed by atoms with E-state index in [1.165, 1.54) is 36.4 Å². The summed E-state index contributed by atoms with van der Waals surface area (Å²) < 4.78 is 19.2. The molecule has 0 aromatic heterocycles. The van der Waals surface area contributed by atoms with Crippen molar-refractivity contribution in [3.63, 3.8) is 0 Å². The average Bonchev–Trinajstić information content (AvgIpc) is 2.33. The number of rotatable bonds is 3. The van der Waals surface area contributed by atoms with Crippen LogP contribution >= 0.6 is 15.9 Å². The fourth-order valence-electron chi connectivity index (χ4n) is 1.50. The summed E-state index contributed by atoms with van der Waals surface area (Å²) in [6, 6.07) is 8.43. The van der Waals surface area contributed by atoms with Crippen molar-refractivity contribution in [1.82, 2.24) is 0 Å². The highest BCUT2D eigenvalue weighted by atomic mass is 79.9. The highest BCUT2D eigenvalue weighted by Gasteiger charge is 2.12. The molecule has 0 heterocycles. The Balaban J connectivity index is 2.45. The largest absolute Gasteiger partial charge is 0.455 e. The molecule has 0 unspecified atom stereocenters. The summed E-state index contributed by atoms with van der Waals surface area (Å²) >= 11 is 3.23. The van der Waals surface area contributed by atoms with E-state index in [0.29, 0.717) is 10.2 Å². The number of halogens is 2. The Labute approximate surface area is 117 Å². The lowest BCUT2D eigenvalue weighted by molar-refractivity contribution is 0.0998. The molecular weight excluding hydrogens is 315 g/mol. The van der Waals surface area contributed by atoms with Crippen LogP contribution in [-0.4, -0.2) is 5.91 Å². The van der Waals surface area contributed by atoms with Crippen LogP contribution in [0.2, 0.25) is 0 Å². The maximum absolute atomic E-state index is 13.2. The normalized spacial score (nSPS) is 10.2. The number of carbonyl (C=O) groups excluding carboxylic acids is 1. The van der Waals surface area contributed by atoms with Crippen molar-refractivity contribution in [2.75, 3.05) is 5.73 Å². The van der Waals surface area contributed by atoms with E-state index in [2.05, 4.69) is 15.9 Å².